The van der Waals surface area contributed by atoms with Gasteiger partial charge in [-0.3, -0.25) is 0 Å². The van der Waals surface area contributed by atoms with Crippen LogP contribution in [0.2, 0.25) is 0 Å². The van der Waals surface area contributed by atoms with Crippen molar-refractivity contribution in [1.29, 1.82) is 0 Å². The van der Waals surface area contributed by atoms with Gasteiger partial charge in [0.25, 0.3) is 0 Å². The molecule has 0 saturated heterocycles. The fourth-order valence-electron chi connectivity index (χ4n) is 1.36. The van der Waals surface area contributed by atoms with Gasteiger partial charge in [0.05, 0.1) is 0 Å². The van der Waals surface area contributed by atoms with Crippen LogP contribution in [-0.4, -0.2) is 16.8 Å². The molecule has 0 fully saturated rings. The Kier molecular flexibility index (Phi) is 6.54. The van der Waals surface area contributed by atoms with Crippen molar-refractivity contribution >= 4 is 18.3 Å². The van der Waals surface area contributed by atoms with Crippen molar-refractivity contribution in [2.45, 2.75) is 0 Å². The van der Waals surface area contributed by atoms with Gasteiger partial charge in [-0.25, -0.2) is 8.78 Å². The van der Waals surface area contributed by atoms with E-state index in [1.807, 2.05) is 0 Å². The van der Waals surface area contributed by atoms with Crippen LogP contribution in [0.1, 0.15) is 1.43 Å². The quantitative estimate of drug-likeness (QED) is 0.499. The van der Waals surface area contributed by atoms with E-state index in [2.05, 4.69) is 8.37 Å². The normalized spacial score (nSPS) is 11.4. The van der Waals surface area contributed by atoms with Crippen molar-refractivity contribution in [1.82, 2.24) is 0 Å². The monoisotopic (exact) mass is 374 g/mol. The van der Waals surface area contributed by atoms with Crippen molar-refractivity contribution < 1.29 is 65.0 Å². The Labute approximate surface area is 154 Å². The zero-order valence-corrected chi connectivity index (χ0v) is 15.3. The Morgan fingerprint density at radius 3 is 1.39 bits per heavy atom. The number of halogens is 2. The van der Waals surface area contributed by atoms with Crippen molar-refractivity contribution in [3.8, 4) is 11.5 Å². The van der Waals surface area contributed by atoms with E-state index in [1.54, 1.807) is 0 Å². The summed E-state index contributed by atoms with van der Waals surface area (Å²) in [6.07, 6.45) is 0. The summed E-state index contributed by atoms with van der Waals surface area (Å²) in [5.41, 5.74) is 0. The van der Waals surface area contributed by atoms with Gasteiger partial charge in [-0.15, -0.1) is 0 Å². The summed E-state index contributed by atoms with van der Waals surface area (Å²) in [6.45, 7) is 0. The molecule has 0 atom stereocenters. The standard InChI is InChI=1S/C12H8F2O6S2.Na.H/c13-9-3-1-5-11(7-9)19-21(15,16)22(17,18)20-12-6-2-4-10(14)8-12;;/h1-8H;;/q;+1;-1. The molecular weight excluding hydrogens is 365 g/mol. The van der Waals surface area contributed by atoms with Gasteiger partial charge in [-0.1, -0.05) is 12.1 Å². The van der Waals surface area contributed by atoms with E-state index in [0.717, 1.165) is 36.4 Å². The third kappa shape index (κ3) is 5.15. The molecule has 0 bridgehead atoms. The Bertz CT molecular complexity index is 830. The average Bonchev–Trinajstić information content (AvgIpc) is 2.37. The average molecular weight is 374 g/mol. The maximum Gasteiger partial charge on any atom is 1.00 e. The van der Waals surface area contributed by atoms with Crippen LogP contribution in [0, 0.1) is 11.6 Å². The summed E-state index contributed by atoms with van der Waals surface area (Å²) < 4.78 is 81.1. The van der Waals surface area contributed by atoms with Crippen LogP contribution in [0.15, 0.2) is 48.5 Å². The van der Waals surface area contributed by atoms with Crippen LogP contribution in [0.3, 0.4) is 0 Å². The molecule has 0 aliphatic heterocycles. The fourth-order valence-corrected chi connectivity index (χ4v) is 3.17. The molecule has 0 aliphatic rings. The first-order valence-electron chi connectivity index (χ1n) is 5.60. The fraction of sp³-hybridized carbons (Fsp3) is 0. The van der Waals surface area contributed by atoms with Gasteiger partial charge in [0.2, 0.25) is 0 Å². The Hall–Kier alpha value is -1.20. The number of hydrogen-bond acceptors (Lipinski definition) is 6. The molecule has 0 spiro atoms. The third-order valence-electron chi connectivity index (χ3n) is 2.24. The van der Waals surface area contributed by atoms with Gasteiger partial charge in [-0.2, -0.15) is 16.8 Å². The molecule has 0 N–H and O–H groups in total. The van der Waals surface area contributed by atoms with Crippen molar-refractivity contribution in [3.63, 3.8) is 0 Å². The maximum absolute atomic E-state index is 12.9. The minimum absolute atomic E-state index is 0. The first-order valence-corrected chi connectivity index (χ1v) is 8.93. The predicted molar refractivity (Wildman–Crippen MR) is 73.0 cm³/mol. The number of hydrogen-bond donors (Lipinski definition) is 0. The third-order valence-corrected chi connectivity index (χ3v) is 5.44. The van der Waals surface area contributed by atoms with Crippen molar-refractivity contribution in [2.75, 3.05) is 0 Å². The first-order chi connectivity index (χ1) is 10.2. The van der Waals surface area contributed by atoms with Crippen LogP contribution in [0.25, 0.3) is 0 Å². The molecule has 23 heavy (non-hydrogen) atoms. The minimum atomic E-state index is -5.28. The molecule has 0 heterocycles. The van der Waals surface area contributed by atoms with E-state index >= 15 is 0 Å². The van der Waals surface area contributed by atoms with E-state index < -0.39 is 41.4 Å². The van der Waals surface area contributed by atoms with E-state index in [0.29, 0.717) is 12.1 Å². The van der Waals surface area contributed by atoms with Gasteiger partial charge in [0.15, 0.2) is 0 Å². The van der Waals surface area contributed by atoms with E-state index in [4.69, 9.17) is 0 Å². The summed E-state index contributed by atoms with van der Waals surface area (Å²) in [5.74, 6) is -2.75. The summed E-state index contributed by atoms with van der Waals surface area (Å²) in [5, 5.41) is 0. The topological polar surface area (TPSA) is 86.7 Å². The van der Waals surface area contributed by atoms with Crippen molar-refractivity contribution in [3.05, 3.63) is 60.2 Å². The maximum atomic E-state index is 12.9. The van der Waals surface area contributed by atoms with Crippen LogP contribution in [0.5, 0.6) is 11.5 Å². The predicted octanol–water partition coefficient (Wildman–Crippen LogP) is -0.886. The molecule has 0 radical (unpaired) electrons. The van der Waals surface area contributed by atoms with Crippen molar-refractivity contribution in [2.24, 2.45) is 0 Å². The van der Waals surface area contributed by atoms with E-state index in [9.17, 15) is 25.6 Å². The molecule has 0 unspecified atom stereocenters. The zero-order chi connectivity index (χ0) is 16.4. The Balaban J connectivity index is 0.00000264. The van der Waals surface area contributed by atoms with Gasteiger partial charge < -0.3 is 9.79 Å². The molecule has 2 rings (SSSR count). The Morgan fingerprint density at radius 2 is 1.09 bits per heavy atom. The molecular formula is C12H9F2NaO6S2. The number of benzene rings is 2. The molecule has 2 aromatic rings. The molecule has 0 amide bonds. The summed E-state index contributed by atoms with van der Waals surface area (Å²) >= 11 is 0. The largest absolute Gasteiger partial charge is 1.00 e. The minimum Gasteiger partial charge on any atom is -1.00 e. The molecule has 6 nitrogen and oxygen atoms in total. The Morgan fingerprint density at radius 1 is 0.739 bits per heavy atom. The molecule has 0 aromatic heterocycles. The SMILES string of the molecule is O=S(=O)(Oc1cccc(F)c1)S(=O)(=O)Oc1cccc(F)c1.[H-].[Na+]. The van der Waals surface area contributed by atoms with Crippen LogP contribution >= 0.6 is 0 Å². The summed E-state index contributed by atoms with van der Waals surface area (Å²) in [4.78, 5) is 0. The molecule has 120 valence electrons. The van der Waals surface area contributed by atoms with Crippen LogP contribution in [-0.2, 0) is 18.3 Å². The molecule has 2 aromatic carbocycles. The zero-order valence-electron chi connectivity index (χ0n) is 12.6. The molecule has 11 heteroatoms. The van der Waals surface area contributed by atoms with E-state index in [-0.39, 0.29) is 31.0 Å². The van der Waals surface area contributed by atoms with Gasteiger partial charge in [0, 0.05) is 12.1 Å². The molecule has 0 saturated carbocycles. The van der Waals surface area contributed by atoms with Crippen LogP contribution < -0.4 is 37.9 Å². The van der Waals surface area contributed by atoms with Crippen LogP contribution in [0.4, 0.5) is 8.78 Å². The smallest absolute Gasteiger partial charge is 1.00 e. The van der Waals surface area contributed by atoms with Gasteiger partial charge in [-0.05, 0) is 24.3 Å². The second-order valence-electron chi connectivity index (χ2n) is 3.90. The second kappa shape index (κ2) is 7.58. The molecule has 0 aliphatic carbocycles. The van der Waals surface area contributed by atoms with Gasteiger partial charge >= 0.3 is 47.9 Å². The number of rotatable bonds is 5. The van der Waals surface area contributed by atoms with Gasteiger partial charge in [0.1, 0.15) is 23.1 Å². The van der Waals surface area contributed by atoms with E-state index in [1.165, 1.54) is 0 Å². The summed E-state index contributed by atoms with van der Waals surface area (Å²) in [6, 6.07) is 7.70. The second-order valence-corrected chi connectivity index (χ2v) is 8.31. The summed E-state index contributed by atoms with van der Waals surface area (Å²) in [7, 11) is -10.6. The first kappa shape index (κ1) is 19.8.